The molecule has 0 heterocycles. The third kappa shape index (κ3) is 4.53. The van der Waals surface area contributed by atoms with Gasteiger partial charge in [0.25, 0.3) is 5.91 Å². The van der Waals surface area contributed by atoms with Crippen LogP contribution in [-0.2, 0) is 0 Å². The molecule has 0 aliphatic carbocycles. The van der Waals surface area contributed by atoms with Gasteiger partial charge in [0.15, 0.2) is 0 Å². The number of benzene rings is 1. The van der Waals surface area contributed by atoms with Crippen molar-refractivity contribution in [1.29, 1.82) is 0 Å². The van der Waals surface area contributed by atoms with E-state index in [4.69, 9.17) is 46.4 Å². The first-order valence-corrected chi connectivity index (χ1v) is 6.16. The van der Waals surface area contributed by atoms with Gasteiger partial charge in [0, 0.05) is 10.6 Å². The second-order valence-corrected chi connectivity index (χ2v) is 6.05. The van der Waals surface area contributed by atoms with Gasteiger partial charge in [-0.25, -0.2) is 0 Å². The SMILES string of the molecule is CN[C@H](NC(=O)c1ccc(Cl)cc1)C(Cl)(Cl)Cl. The average molecular weight is 316 g/mol. The molecule has 0 fully saturated rings. The first kappa shape index (κ1) is 14.9. The van der Waals surface area contributed by atoms with E-state index in [0.29, 0.717) is 10.6 Å². The molecule has 1 atom stereocenters. The largest absolute Gasteiger partial charge is 0.333 e. The Labute approximate surface area is 119 Å². The van der Waals surface area contributed by atoms with Gasteiger partial charge >= 0.3 is 0 Å². The zero-order valence-corrected chi connectivity index (χ0v) is 11.8. The zero-order valence-electron chi connectivity index (χ0n) is 8.81. The van der Waals surface area contributed by atoms with Gasteiger partial charge in [-0.15, -0.1) is 0 Å². The highest BCUT2D eigenvalue weighted by Crippen LogP contribution is 2.29. The molecule has 2 N–H and O–H groups in total. The molecule has 0 aliphatic heterocycles. The molecule has 0 radical (unpaired) electrons. The lowest BCUT2D eigenvalue weighted by atomic mass is 10.2. The maximum atomic E-state index is 11.8. The molecular weight excluding hydrogens is 306 g/mol. The second kappa shape index (κ2) is 6.12. The van der Waals surface area contributed by atoms with Crippen LogP contribution < -0.4 is 10.6 Å². The summed E-state index contributed by atoms with van der Waals surface area (Å²) in [6.07, 6.45) is -0.782. The van der Waals surface area contributed by atoms with Crippen LogP contribution in [0.1, 0.15) is 10.4 Å². The van der Waals surface area contributed by atoms with Crippen LogP contribution >= 0.6 is 46.4 Å². The molecule has 3 nitrogen and oxygen atoms in total. The summed E-state index contributed by atoms with van der Waals surface area (Å²) in [4.78, 5) is 11.8. The maximum Gasteiger partial charge on any atom is 0.252 e. The summed E-state index contributed by atoms with van der Waals surface area (Å²) >= 11 is 22.8. The smallest absolute Gasteiger partial charge is 0.252 e. The number of hydrogen-bond donors (Lipinski definition) is 2. The summed E-state index contributed by atoms with van der Waals surface area (Å²) in [6.45, 7) is 0. The lowest BCUT2D eigenvalue weighted by molar-refractivity contribution is 0.0931. The summed E-state index contributed by atoms with van der Waals surface area (Å²) < 4.78 is -1.63. The minimum absolute atomic E-state index is 0.354. The molecule has 0 saturated heterocycles. The molecule has 0 saturated carbocycles. The van der Waals surface area contributed by atoms with Crippen LogP contribution in [0.15, 0.2) is 24.3 Å². The minimum Gasteiger partial charge on any atom is -0.333 e. The molecule has 7 heteroatoms. The Balaban J connectivity index is 2.75. The standard InChI is InChI=1S/C10H10Cl4N2O/c1-15-9(10(12,13)14)16-8(17)6-2-4-7(11)5-3-6/h2-5,9,15H,1H3,(H,16,17)/t9-/m1/s1. The molecule has 0 spiro atoms. The van der Waals surface area contributed by atoms with Gasteiger partial charge in [0.2, 0.25) is 3.79 Å². The van der Waals surface area contributed by atoms with E-state index in [1.165, 1.54) is 0 Å². The van der Waals surface area contributed by atoms with Crippen LogP contribution in [0.2, 0.25) is 5.02 Å². The van der Waals surface area contributed by atoms with Gasteiger partial charge in [0.05, 0.1) is 0 Å². The number of rotatable bonds is 3. The van der Waals surface area contributed by atoms with Crippen molar-refractivity contribution in [1.82, 2.24) is 10.6 Å². The van der Waals surface area contributed by atoms with Gasteiger partial charge in [-0.05, 0) is 31.3 Å². The van der Waals surface area contributed by atoms with Crippen molar-refractivity contribution in [3.8, 4) is 0 Å². The van der Waals surface area contributed by atoms with Gasteiger partial charge in [-0.1, -0.05) is 46.4 Å². The van der Waals surface area contributed by atoms with E-state index in [1.54, 1.807) is 31.3 Å². The first-order chi connectivity index (χ1) is 7.84. The van der Waals surface area contributed by atoms with Gasteiger partial charge in [0.1, 0.15) is 6.17 Å². The van der Waals surface area contributed by atoms with Crippen molar-refractivity contribution in [3.63, 3.8) is 0 Å². The van der Waals surface area contributed by atoms with Crippen molar-refractivity contribution >= 4 is 52.3 Å². The minimum atomic E-state index is -1.63. The van der Waals surface area contributed by atoms with Crippen LogP contribution in [0.4, 0.5) is 0 Å². The fraction of sp³-hybridized carbons (Fsp3) is 0.300. The van der Waals surface area contributed by atoms with Gasteiger partial charge in [-0.3, -0.25) is 10.1 Å². The van der Waals surface area contributed by atoms with E-state index in [-0.39, 0.29) is 5.91 Å². The highest BCUT2D eigenvalue weighted by molar-refractivity contribution is 6.68. The van der Waals surface area contributed by atoms with Gasteiger partial charge < -0.3 is 5.32 Å². The van der Waals surface area contributed by atoms with Crippen LogP contribution in [0.5, 0.6) is 0 Å². The highest BCUT2D eigenvalue weighted by atomic mass is 35.6. The Morgan fingerprint density at radius 2 is 1.76 bits per heavy atom. The molecule has 0 aromatic heterocycles. The van der Waals surface area contributed by atoms with Crippen LogP contribution in [-0.4, -0.2) is 22.9 Å². The average Bonchev–Trinajstić information content (AvgIpc) is 2.24. The fourth-order valence-corrected chi connectivity index (χ4v) is 1.75. The number of halogens is 4. The Bertz CT molecular complexity index is 388. The van der Waals surface area contributed by atoms with E-state index in [0.717, 1.165) is 0 Å². The van der Waals surface area contributed by atoms with Crippen LogP contribution in [0.3, 0.4) is 0 Å². The zero-order chi connectivity index (χ0) is 13.1. The van der Waals surface area contributed by atoms with Crippen LogP contribution in [0.25, 0.3) is 0 Å². The van der Waals surface area contributed by atoms with Crippen molar-refractivity contribution < 1.29 is 4.79 Å². The Morgan fingerprint density at radius 1 is 1.24 bits per heavy atom. The molecule has 0 unspecified atom stereocenters. The number of hydrogen-bond acceptors (Lipinski definition) is 2. The Morgan fingerprint density at radius 3 is 2.18 bits per heavy atom. The van der Waals surface area contributed by atoms with E-state index in [2.05, 4.69) is 10.6 Å². The molecule has 0 aliphatic rings. The first-order valence-electron chi connectivity index (χ1n) is 4.65. The third-order valence-electron chi connectivity index (χ3n) is 2.00. The van der Waals surface area contributed by atoms with Crippen molar-refractivity contribution in [2.75, 3.05) is 7.05 Å². The summed E-state index contributed by atoms with van der Waals surface area (Å²) in [7, 11) is 1.58. The molecule has 1 rings (SSSR count). The van der Waals surface area contributed by atoms with E-state index in [9.17, 15) is 4.79 Å². The number of amides is 1. The number of alkyl halides is 3. The Kier molecular flexibility index (Phi) is 5.35. The van der Waals surface area contributed by atoms with E-state index >= 15 is 0 Å². The molecule has 1 aromatic carbocycles. The van der Waals surface area contributed by atoms with Crippen LogP contribution in [0, 0.1) is 0 Å². The third-order valence-corrected chi connectivity index (χ3v) is 2.90. The predicted octanol–water partition coefficient (Wildman–Crippen LogP) is 2.99. The van der Waals surface area contributed by atoms with Crippen molar-refractivity contribution in [3.05, 3.63) is 34.9 Å². The van der Waals surface area contributed by atoms with Crippen molar-refractivity contribution in [2.24, 2.45) is 0 Å². The molecule has 0 bridgehead atoms. The molecule has 1 amide bonds. The number of nitrogens with one attached hydrogen (secondary N) is 2. The summed E-state index contributed by atoms with van der Waals surface area (Å²) in [5.41, 5.74) is 0.434. The number of carbonyl (C=O) groups excluding carboxylic acids is 1. The van der Waals surface area contributed by atoms with E-state index in [1.807, 2.05) is 0 Å². The monoisotopic (exact) mass is 314 g/mol. The highest BCUT2D eigenvalue weighted by Gasteiger charge is 2.32. The summed E-state index contributed by atoms with van der Waals surface area (Å²) in [5, 5.41) is 5.80. The maximum absolute atomic E-state index is 11.8. The molecule has 94 valence electrons. The van der Waals surface area contributed by atoms with Gasteiger partial charge in [-0.2, -0.15) is 0 Å². The topological polar surface area (TPSA) is 41.1 Å². The summed E-state index contributed by atoms with van der Waals surface area (Å²) in [6, 6.07) is 6.39. The molecule has 1 aromatic rings. The van der Waals surface area contributed by atoms with E-state index < -0.39 is 9.96 Å². The summed E-state index contributed by atoms with van der Waals surface area (Å²) in [5.74, 6) is -0.354. The second-order valence-electron chi connectivity index (χ2n) is 3.24. The number of carbonyl (C=O) groups is 1. The predicted molar refractivity (Wildman–Crippen MR) is 72.1 cm³/mol. The quantitative estimate of drug-likeness (QED) is 0.665. The lowest BCUT2D eigenvalue weighted by Gasteiger charge is -2.24. The van der Waals surface area contributed by atoms with Crippen molar-refractivity contribution in [2.45, 2.75) is 9.96 Å². The fourth-order valence-electron chi connectivity index (χ4n) is 1.13. The lowest BCUT2D eigenvalue weighted by Crippen LogP contribution is -2.51. The molecular formula is C10H10Cl4N2O. The normalized spacial score (nSPS) is 13.2. The molecule has 17 heavy (non-hydrogen) atoms. The Hall–Kier alpha value is -0.190.